The van der Waals surface area contributed by atoms with Crippen molar-refractivity contribution in [3.63, 3.8) is 0 Å². The molecule has 1 aliphatic carbocycles. The van der Waals surface area contributed by atoms with Gasteiger partial charge in [0.15, 0.2) is 11.4 Å². The molecular formula is C25H25FO4. The minimum atomic E-state index is -0.943. The zero-order chi connectivity index (χ0) is 20.9. The summed E-state index contributed by atoms with van der Waals surface area (Å²) in [5.74, 6) is -0.732. The van der Waals surface area contributed by atoms with Gasteiger partial charge in [-0.25, -0.2) is 9.18 Å². The van der Waals surface area contributed by atoms with Gasteiger partial charge in [-0.3, -0.25) is 0 Å². The van der Waals surface area contributed by atoms with Crippen molar-refractivity contribution in [1.29, 1.82) is 0 Å². The van der Waals surface area contributed by atoms with E-state index in [0.29, 0.717) is 18.4 Å². The van der Waals surface area contributed by atoms with Crippen LogP contribution in [0, 0.1) is 12.7 Å². The van der Waals surface area contributed by atoms with Gasteiger partial charge in [0.1, 0.15) is 11.4 Å². The van der Waals surface area contributed by atoms with Gasteiger partial charge in [0.2, 0.25) is 0 Å². The lowest BCUT2D eigenvalue weighted by molar-refractivity contribution is -0.156. The SMILES string of the molecule is Cc1ccc(-c2ccc(F)cc2)cc1C1=C(O)[C@]2(CC[C@]3(CCCO3)CC2)OC1=O. The Hall–Kier alpha value is -2.66. The molecular weight excluding hydrogens is 383 g/mol. The second-order valence-corrected chi connectivity index (χ2v) is 8.78. The molecule has 1 saturated carbocycles. The maximum atomic E-state index is 13.3. The van der Waals surface area contributed by atoms with E-state index in [4.69, 9.17) is 9.47 Å². The van der Waals surface area contributed by atoms with Gasteiger partial charge < -0.3 is 14.6 Å². The molecule has 0 atom stereocenters. The fourth-order valence-corrected chi connectivity index (χ4v) is 5.15. The van der Waals surface area contributed by atoms with E-state index in [9.17, 15) is 14.3 Å². The highest BCUT2D eigenvalue weighted by molar-refractivity contribution is 6.20. The summed E-state index contributed by atoms with van der Waals surface area (Å²) in [5, 5.41) is 11.2. The fourth-order valence-electron chi connectivity index (χ4n) is 5.15. The van der Waals surface area contributed by atoms with Gasteiger partial charge in [0, 0.05) is 6.61 Å². The number of aryl methyl sites for hydroxylation is 1. The van der Waals surface area contributed by atoms with E-state index < -0.39 is 11.6 Å². The number of halogens is 1. The van der Waals surface area contributed by atoms with E-state index >= 15 is 0 Å². The summed E-state index contributed by atoms with van der Waals surface area (Å²) in [5.41, 5.74) is 2.43. The minimum absolute atomic E-state index is 0.0414. The highest BCUT2D eigenvalue weighted by Crippen LogP contribution is 2.51. The average molecular weight is 408 g/mol. The lowest BCUT2D eigenvalue weighted by Gasteiger charge is -2.41. The highest BCUT2D eigenvalue weighted by atomic mass is 19.1. The third-order valence-electron chi connectivity index (χ3n) is 7.00. The topological polar surface area (TPSA) is 55.8 Å². The molecule has 0 radical (unpaired) electrons. The van der Waals surface area contributed by atoms with E-state index in [0.717, 1.165) is 49.0 Å². The zero-order valence-electron chi connectivity index (χ0n) is 17.0. The van der Waals surface area contributed by atoms with Crippen LogP contribution in [0.4, 0.5) is 4.39 Å². The van der Waals surface area contributed by atoms with Gasteiger partial charge >= 0.3 is 5.97 Å². The van der Waals surface area contributed by atoms with E-state index in [1.165, 1.54) is 12.1 Å². The third-order valence-corrected chi connectivity index (χ3v) is 7.00. The van der Waals surface area contributed by atoms with Crippen molar-refractivity contribution in [2.45, 2.75) is 56.7 Å². The van der Waals surface area contributed by atoms with Crippen molar-refractivity contribution in [2.24, 2.45) is 0 Å². The van der Waals surface area contributed by atoms with Crippen molar-refractivity contribution >= 4 is 11.5 Å². The van der Waals surface area contributed by atoms with Crippen LogP contribution in [-0.4, -0.2) is 28.9 Å². The Labute approximate surface area is 175 Å². The smallest absolute Gasteiger partial charge is 0.343 e. The van der Waals surface area contributed by atoms with Crippen molar-refractivity contribution in [1.82, 2.24) is 0 Å². The standard InChI is InChI=1S/C25H25FO4/c1-16-3-4-18(17-5-7-19(26)8-6-17)15-20(16)21-22(27)25(30-23(21)28)12-10-24(11-13-25)9-2-14-29-24/h3-8,15,27H,2,9-14H2,1H3/t24-,25-. The molecule has 30 heavy (non-hydrogen) atoms. The minimum Gasteiger partial charge on any atom is -0.507 e. The van der Waals surface area contributed by atoms with Crippen LogP contribution < -0.4 is 0 Å². The molecule has 0 aromatic heterocycles. The Kier molecular flexibility index (Phi) is 4.47. The van der Waals surface area contributed by atoms with Gasteiger partial charge in [0.25, 0.3) is 0 Å². The first-order valence-corrected chi connectivity index (χ1v) is 10.6. The van der Waals surface area contributed by atoms with Gasteiger partial charge in [-0.1, -0.05) is 24.3 Å². The normalized spacial score (nSPS) is 28.5. The summed E-state index contributed by atoms with van der Waals surface area (Å²) in [6.45, 7) is 2.69. The van der Waals surface area contributed by atoms with E-state index in [1.807, 2.05) is 25.1 Å². The molecule has 0 unspecified atom stereocenters. The predicted octanol–water partition coefficient (Wildman–Crippen LogP) is 5.49. The summed E-state index contributed by atoms with van der Waals surface area (Å²) in [7, 11) is 0. The van der Waals surface area contributed by atoms with Gasteiger partial charge in [-0.2, -0.15) is 0 Å². The summed E-state index contributed by atoms with van der Waals surface area (Å²) in [6, 6.07) is 11.9. The average Bonchev–Trinajstić information content (AvgIpc) is 3.29. The maximum Gasteiger partial charge on any atom is 0.343 e. The molecule has 4 nitrogen and oxygen atoms in total. The van der Waals surface area contributed by atoms with Crippen molar-refractivity contribution < 1.29 is 23.8 Å². The number of ether oxygens (including phenoxy) is 2. The van der Waals surface area contributed by atoms with E-state index in [-0.39, 0.29) is 22.8 Å². The first-order chi connectivity index (χ1) is 14.4. The number of hydrogen-bond donors (Lipinski definition) is 1. The molecule has 1 saturated heterocycles. The maximum absolute atomic E-state index is 13.3. The quantitative estimate of drug-likeness (QED) is 0.668. The summed E-state index contributed by atoms with van der Waals surface area (Å²) >= 11 is 0. The Balaban J connectivity index is 1.51. The van der Waals surface area contributed by atoms with Crippen LogP contribution in [0.5, 0.6) is 0 Å². The van der Waals surface area contributed by atoms with Crippen LogP contribution in [0.2, 0.25) is 0 Å². The summed E-state index contributed by atoms with van der Waals surface area (Å²) < 4.78 is 25.1. The molecule has 3 aliphatic rings. The third kappa shape index (κ3) is 3.03. The molecule has 0 bridgehead atoms. The van der Waals surface area contributed by atoms with Crippen LogP contribution in [0.3, 0.4) is 0 Å². The molecule has 2 fully saturated rings. The number of hydrogen-bond acceptors (Lipinski definition) is 4. The van der Waals surface area contributed by atoms with Crippen LogP contribution >= 0.6 is 0 Å². The Morgan fingerprint density at radius 2 is 1.67 bits per heavy atom. The largest absolute Gasteiger partial charge is 0.507 e. The van der Waals surface area contributed by atoms with Crippen molar-refractivity contribution in [3.05, 3.63) is 65.2 Å². The summed E-state index contributed by atoms with van der Waals surface area (Å²) in [6.07, 6.45) is 4.82. The first kappa shape index (κ1) is 19.3. The number of esters is 1. The number of aliphatic hydroxyl groups is 1. The molecule has 2 heterocycles. The van der Waals surface area contributed by atoms with Gasteiger partial charge in [-0.15, -0.1) is 0 Å². The number of carbonyl (C=O) groups is 1. The monoisotopic (exact) mass is 408 g/mol. The highest BCUT2D eigenvalue weighted by Gasteiger charge is 2.54. The number of rotatable bonds is 2. The Bertz CT molecular complexity index is 1020. The van der Waals surface area contributed by atoms with Crippen LogP contribution in [0.1, 0.15) is 49.7 Å². The molecule has 5 rings (SSSR count). The molecule has 2 aliphatic heterocycles. The molecule has 2 spiro atoms. The lowest BCUT2D eigenvalue weighted by atomic mass is 9.73. The number of benzene rings is 2. The van der Waals surface area contributed by atoms with Crippen LogP contribution in [-0.2, 0) is 14.3 Å². The van der Waals surface area contributed by atoms with E-state index in [2.05, 4.69) is 0 Å². The fraction of sp³-hybridized carbons (Fsp3) is 0.400. The molecule has 2 aromatic carbocycles. The zero-order valence-corrected chi connectivity index (χ0v) is 17.0. The van der Waals surface area contributed by atoms with Crippen molar-refractivity contribution in [2.75, 3.05) is 6.61 Å². The molecule has 5 heteroatoms. The molecule has 1 N–H and O–H groups in total. The molecule has 2 aromatic rings. The number of carbonyl (C=O) groups excluding carboxylic acids is 1. The van der Waals surface area contributed by atoms with Crippen LogP contribution in [0.15, 0.2) is 48.2 Å². The Morgan fingerprint density at radius 1 is 0.967 bits per heavy atom. The van der Waals surface area contributed by atoms with E-state index in [1.54, 1.807) is 12.1 Å². The second kappa shape index (κ2) is 6.95. The second-order valence-electron chi connectivity index (χ2n) is 8.78. The lowest BCUT2D eigenvalue weighted by Crippen LogP contribution is -2.44. The van der Waals surface area contributed by atoms with Crippen molar-refractivity contribution in [3.8, 4) is 11.1 Å². The predicted molar refractivity (Wildman–Crippen MR) is 111 cm³/mol. The van der Waals surface area contributed by atoms with Gasteiger partial charge in [0.05, 0.1) is 5.60 Å². The molecule has 156 valence electrons. The summed E-state index contributed by atoms with van der Waals surface area (Å²) in [4.78, 5) is 12.9. The number of aliphatic hydroxyl groups excluding tert-OH is 1. The first-order valence-electron chi connectivity index (χ1n) is 10.6. The Morgan fingerprint density at radius 3 is 2.33 bits per heavy atom. The van der Waals surface area contributed by atoms with Gasteiger partial charge in [-0.05, 0) is 85.9 Å². The van der Waals surface area contributed by atoms with Crippen LogP contribution in [0.25, 0.3) is 16.7 Å². The molecule has 0 amide bonds.